The maximum atomic E-state index is 12.3. The predicted molar refractivity (Wildman–Crippen MR) is 92.0 cm³/mol. The highest BCUT2D eigenvalue weighted by atomic mass is 16.2. The molecule has 1 unspecified atom stereocenters. The fraction of sp³-hybridized carbons (Fsp3) is 0.333. The van der Waals surface area contributed by atoms with Gasteiger partial charge in [0.15, 0.2) is 5.82 Å². The van der Waals surface area contributed by atoms with Crippen molar-refractivity contribution in [1.82, 2.24) is 15.5 Å². The van der Waals surface area contributed by atoms with Gasteiger partial charge in [0.1, 0.15) is 0 Å². The third-order valence-corrected chi connectivity index (χ3v) is 4.22. The summed E-state index contributed by atoms with van der Waals surface area (Å²) in [6, 6.07) is 8.82. The van der Waals surface area contributed by atoms with Crippen LogP contribution in [0.1, 0.15) is 47.8 Å². The molecule has 1 saturated heterocycles. The van der Waals surface area contributed by atoms with E-state index in [1.54, 1.807) is 24.3 Å². The minimum atomic E-state index is -0.328. The fourth-order valence-corrected chi connectivity index (χ4v) is 2.73. The van der Waals surface area contributed by atoms with Crippen molar-refractivity contribution in [3.05, 3.63) is 47.2 Å². The zero-order valence-corrected chi connectivity index (χ0v) is 14.1. The molecule has 3 rings (SSSR count). The van der Waals surface area contributed by atoms with Crippen molar-refractivity contribution >= 4 is 23.5 Å². The van der Waals surface area contributed by atoms with Crippen LogP contribution < -0.4 is 10.6 Å². The van der Waals surface area contributed by atoms with Crippen molar-refractivity contribution in [3.8, 4) is 0 Å². The summed E-state index contributed by atoms with van der Waals surface area (Å²) in [5.41, 5.74) is 2.37. The number of hydrogen-bond acceptors (Lipinski definition) is 4. The molecular formula is C18H20N4O3. The predicted octanol–water partition coefficient (Wildman–Crippen LogP) is 1.99. The van der Waals surface area contributed by atoms with Crippen LogP contribution in [0.2, 0.25) is 0 Å². The first-order valence-electron chi connectivity index (χ1n) is 8.21. The third kappa shape index (κ3) is 3.93. The largest absolute Gasteiger partial charge is 0.305 e. The Balaban J connectivity index is 1.62. The number of amides is 3. The van der Waals surface area contributed by atoms with E-state index in [4.69, 9.17) is 0 Å². The fourth-order valence-electron chi connectivity index (χ4n) is 2.73. The first-order valence-corrected chi connectivity index (χ1v) is 8.21. The third-order valence-electron chi connectivity index (χ3n) is 4.22. The van der Waals surface area contributed by atoms with Crippen LogP contribution in [-0.2, 0) is 16.0 Å². The van der Waals surface area contributed by atoms with Crippen molar-refractivity contribution in [1.29, 1.82) is 0 Å². The molecular weight excluding hydrogens is 320 g/mol. The first kappa shape index (κ1) is 16.9. The maximum Gasteiger partial charge on any atom is 0.256 e. The second kappa shape index (κ2) is 6.88. The lowest BCUT2D eigenvalue weighted by atomic mass is 9.97. The lowest BCUT2D eigenvalue weighted by Gasteiger charge is -2.07. The molecule has 7 nitrogen and oxygen atoms in total. The number of nitrogens with zero attached hydrogens (tertiary/aromatic N) is 1. The number of H-pyrrole nitrogens is 1. The highest BCUT2D eigenvalue weighted by Crippen LogP contribution is 2.19. The molecule has 2 heterocycles. The van der Waals surface area contributed by atoms with Gasteiger partial charge in [-0.3, -0.25) is 24.8 Å². The van der Waals surface area contributed by atoms with Crippen LogP contribution in [0, 0.1) is 5.92 Å². The molecule has 3 amide bonds. The average molecular weight is 340 g/mol. The van der Waals surface area contributed by atoms with E-state index in [0.717, 1.165) is 11.3 Å². The molecule has 1 aromatic heterocycles. The van der Waals surface area contributed by atoms with Crippen LogP contribution in [0.4, 0.5) is 5.82 Å². The van der Waals surface area contributed by atoms with Crippen LogP contribution in [-0.4, -0.2) is 27.9 Å². The van der Waals surface area contributed by atoms with Gasteiger partial charge >= 0.3 is 0 Å². The molecule has 7 heteroatoms. The van der Waals surface area contributed by atoms with Gasteiger partial charge in [0.05, 0.1) is 5.92 Å². The monoisotopic (exact) mass is 340 g/mol. The topological polar surface area (TPSA) is 104 Å². The lowest BCUT2D eigenvalue weighted by molar-refractivity contribution is -0.125. The van der Waals surface area contributed by atoms with Crippen molar-refractivity contribution < 1.29 is 14.4 Å². The Morgan fingerprint density at radius 2 is 2.00 bits per heavy atom. The number of benzene rings is 1. The maximum absolute atomic E-state index is 12.3. The molecule has 1 aromatic carbocycles. The van der Waals surface area contributed by atoms with Crippen LogP contribution >= 0.6 is 0 Å². The molecule has 1 aliphatic heterocycles. The molecule has 0 bridgehead atoms. The summed E-state index contributed by atoms with van der Waals surface area (Å²) in [6.45, 7) is 4.08. The van der Waals surface area contributed by atoms with Gasteiger partial charge in [0.2, 0.25) is 11.8 Å². The highest BCUT2D eigenvalue weighted by molar-refractivity contribution is 6.04. The van der Waals surface area contributed by atoms with Gasteiger partial charge in [0.25, 0.3) is 5.91 Å². The van der Waals surface area contributed by atoms with E-state index in [2.05, 4.69) is 20.8 Å². The van der Waals surface area contributed by atoms with Crippen molar-refractivity contribution in [3.63, 3.8) is 0 Å². The molecule has 2 aromatic rings. The molecule has 0 radical (unpaired) electrons. The molecule has 0 saturated carbocycles. The number of carbonyl (C=O) groups is 3. The SMILES string of the molecule is CC(C)c1cc(NC(=O)c2ccc(CC3CC(=O)NC3=O)cc2)n[nH]1. The van der Waals surface area contributed by atoms with E-state index in [0.29, 0.717) is 23.7 Å². The first-order chi connectivity index (χ1) is 11.9. The van der Waals surface area contributed by atoms with Gasteiger partial charge < -0.3 is 5.32 Å². The van der Waals surface area contributed by atoms with Gasteiger partial charge in [-0.25, -0.2) is 0 Å². The number of nitrogens with one attached hydrogen (secondary N) is 3. The second-order valence-corrected chi connectivity index (χ2v) is 6.53. The summed E-state index contributed by atoms with van der Waals surface area (Å²) in [5.74, 6) is -0.249. The molecule has 1 atom stereocenters. The minimum Gasteiger partial charge on any atom is -0.305 e. The number of aromatic nitrogens is 2. The Morgan fingerprint density at radius 1 is 1.28 bits per heavy atom. The Bertz CT molecular complexity index is 808. The molecule has 25 heavy (non-hydrogen) atoms. The van der Waals surface area contributed by atoms with Gasteiger partial charge in [0, 0.05) is 23.7 Å². The summed E-state index contributed by atoms with van der Waals surface area (Å²) >= 11 is 0. The number of imide groups is 1. The van der Waals surface area contributed by atoms with Gasteiger partial charge in [-0.05, 0) is 30.0 Å². The zero-order valence-electron chi connectivity index (χ0n) is 14.1. The Labute approximate surface area is 145 Å². The van der Waals surface area contributed by atoms with Gasteiger partial charge in [-0.2, -0.15) is 5.10 Å². The van der Waals surface area contributed by atoms with Crippen molar-refractivity contribution in [2.75, 3.05) is 5.32 Å². The van der Waals surface area contributed by atoms with Gasteiger partial charge in [-0.15, -0.1) is 0 Å². The molecule has 1 fully saturated rings. The molecule has 130 valence electrons. The van der Waals surface area contributed by atoms with E-state index in [9.17, 15) is 14.4 Å². The van der Waals surface area contributed by atoms with Crippen LogP contribution in [0.25, 0.3) is 0 Å². The number of aromatic amines is 1. The Kier molecular flexibility index (Phi) is 4.65. The van der Waals surface area contributed by atoms with Crippen LogP contribution in [0.3, 0.4) is 0 Å². The summed E-state index contributed by atoms with van der Waals surface area (Å²) in [5, 5.41) is 12.0. The van der Waals surface area contributed by atoms with Crippen molar-refractivity contribution in [2.45, 2.75) is 32.6 Å². The smallest absolute Gasteiger partial charge is 0.256 e. The van der Waals surface area contributed by atoms with E-state index in [1.807, 2.05) is 19.9 Å². The van der Waals surface area contributed by atoms with E-state index < -0.39 is 0 Å². The number of hydrogen-bond donors (Lipinski definition) is 3. The van der Waals surface area contributed by atoms with E-state index in [1.165, 1.54) is 0 Å². The summed E-state index contributed by atoms with van der Waals surface area (Å²) in [4.78, 5) is 35.1. The van der Waals surface area contributed by atoms with E-state index in [-0.39, 0.29) is 30.1 Å². The zero-order chi connectivity index (χ0) is 18.0. The Morgan fingerprint density at radius 3 is 2.56 bits per heavy atom. The standard InChI is InChI=1S/C18H20N4O3/c1-10(2)14-9-15(22-21-14)19-17(24)12-5-3-11(4-6-12)7-13-8-16(23)20-18(13)25/h3-6,9-10,13H,7-8H2,1-2H3,(H,20,23,25)(H2,19,21,22,24). The number of rotatable bonds is 5. The van der Waals surface area contributed by atoms with Gasteiger partial charge in [-0.1, -0.05) is 26.0 Å². The number of anilines is 1. The van der Waals surface area contributed by atoms with E-state index >= 15 is 0 Å². The minimum absolute atomic E-state index is 0.221. The average Bonchev–Trinajstić information content (AvgIpc) is 3.15. The lowest BCUT2D eigenvalue weighted by Crippen LogP contribution is -2.22. The molecule has 0 aliphatic carbocycles. The summed E-state index contributed by atoms with van der Waals surface area (Å²) in [6.07, 6.45) is 0.703. The van der Waals surface area contributed by atoms with Crippen molar-refractivity contribution in [2.24, 2.45) is 5.92 Å². The molecule has 1 aliphatic rings. The van der Waals surface area contributed by atoms with Crippen LogP contribution in [0.15, 0.2) is 30.3 Å². The highest BCUT2D eigenvalue weighted by Gasteiger charge is 2.30. The Hall–Kier alpha value is -2.96. The normalized spacial score (nSPS) is 17.0. The molecule has 0 spiro atoms. The summed E-state index contributed by atoms with van der Waals surface area (Å²) < 4.78 is 0. The van der Waals surface area contributed by atoms with Crippen LogP contribution in [0.5, 0.6) is 0 Å². The molecule has 3 N–H and O–H groups in total. The quantitative estimate of drug-likeness (QED) is 0.724. The second-order valence-electron chi connectivity index (χ2n) is 6.53. The summed E-state index contributed by atoms with van der Waals surface area (Å²) in [7, 11) is 0. The number of carbonyl (C=O) groups excluding carboxylic acids is 3.